The number of nitrogens with zero attached hydrogens (tertiary/aromatic N) is 5. The van der Waals surface area contributed by atoms with E-state index >= 15 is 0 Å². The number of rotatable bonds is 4. The predicted octanol–water partition coefficient (Wildman–Crippen LogP) is -1.32. The summed E-state index contributed by atoms with van der Waals surface area (Å²) in [7, 11) is 0. The lowest BCUT2D eigenvalue weighted by Crippen LogP contribution is -2.38. The van der Waals surface area contributed by atoms with E-state index in [4.69, 9.17) is 0 Å². The lowest BCUT2D eigenvalue weighted by Gasteiger charge is -2.11. The molecule has 5 amide bonds. The Morgan fingerprint density at radius 2 is 2.09 bits per heavy atom. The summed E-state index contributed by atoms with van der Waals surface area (Å²) in [6.45, 7) is -0.564. The highest BCUT2D eigenvalue weighted by molar-refractivity contribution is 6.45. The van der Waals surface area contributed by atoms with Crippen molar-refractivity contribution in [3.8, 4) is 5.69 Å². The molecular weight excluding hydrogens is 306 g/mol. The zero-order chi connectivity index (χ0) is 16.4. The second-order valence-electron chi connectivity index (χ2n) is 4.50. The molecule has 1 aliphatic rings. The number of tetrazole rings is 1. The number of nitrogens with one attached hydrogen (secondary N) is 2. The average molecular weight is 315 g/mol. The molecule has 0 saturated carbocycles. The molecule has 11 nitrogen and oxygen atoms in total. The van der Waals surface area contributed by atoms with E-state index in [-0.39, 0.29) is 0 Å². The molecule has 0 radical (unpaired) electrons. The number of aromatic nitrogens is 4. The summed E-state index contributed by atoms with van der Waals surface area (Å²) in [4.78, 5) is 46.2. The van der Waals surface area contributed by atoms with Crippen LogP contribution in [0.2, 0.25) is 0 Å². The van der Waals surface area contributed by atoms with Crippen molar-refractivity contribution in [2.75, 3.05) is 11.9 Å². The summed E-state index contributed by atoms with van der Waals surface area (Å²) in [5, 5.41) is 15.1. The molecule has 0 atom stereocenters. The molecule has 3 rings (SSSR count). The molecule has 0 aliphatic carbocycles. The third kappa shape index (κ3) is 2.88. The van der Waals surface area contributed by atoms with Gasteiger partial charge in [0.1, 0.15) is 12.9 Å². The van der Waals surface area contributed by atoms with E-state index in [1.807, 2.05) is 0 Å². The Hall–Kier alpha value is -3.63. The molecule has 2 N–H and O–H groups in total. The van der Waals surface area contributed by atoms with Crippen molar-refractivity contribution in [2.24, 2.45) is 0 Å². The molecular formula is C12H9N7O4. The molecule has 1 aromatic heterocycles. The Balaban J connectivity index is 1.69. The van der Waals surface area contributed by atoms with Crippen LogP contribution < -0.4 is 10.6 Å². The van der Waals surface area contributed by atoms with Crippen molar-refractivity contribution >= 4 is 29.4 Å². The van der Waals surface area contributed by atoms with Crippen molar-refractivity contribution in [1.82, 2.24) is 30.4 Å². The van der Waals surface area contributed by atoms with Gasteiger partial charge in [-0.3, -0.25) is 19.7 Å². The number of carbonyl (C=O) groups excluding carboxylic acids is 4. The van der Waals surface area contributed by atoms with E-state index in [1.165, 1.54) is 11.0 Å². The number of hydrogen-bond donors (Lipinski definition) is 2. The maximum absolute atomic E-state index is 11.9. The molecule has 2 aromatic rings. The number of hydrogen-bond acceptors (Lipinski definition) is 7. The van der Waals surface area contributed by atoms with Gasteiger partial charge in [0.05, 0.1) is 5.69 Å². The van der Waals surface area contributed by atoms with E-state index in [9.17, 15) is 19.2 Å². The lowest BCUT2D eigenvalue weighted by atomic mass is 10.2. The number of amides is 5. The van der Waals surface area contributed by atoms with Gasteiger partial charge in [-0.1, -0.05) is 6.07 Å². The van der Waals surface area contributed by atoms with Crippen LogP contribution in [0.25, 0.3) is 5.69 Å². The Bertz CT molecular complexity index is 802. The van der Waals surface area contributed by atoms with Crippen LogP contribution in [0.5, 0.6) is 0 Å². The first-order chi connectivity index (χ1) is 11.0. The van der Waals surface area contributed by atoms with Crippen LogP contribution in [0.15, 0.2) is 30.6 Å². The maximum atomic E-state index is 11.9. The molecule has 0 spiro atoms. The van der Waals surface area contributed by atoms with Crippen molar-refractivity contribution in [3.63, 3.8) is 0 Å². The standard InChI is InChI=1S/C12H9N7O4/c20-9(5-18-11(22)10(21)15-12(18)23)14-7-2-1-3-8(4-7)19-6-13-16-17-19/h1-4,6H,5H2,(H,14,20)(H,15,21,23). The van der Waals surface area contributed by atoms with Crippen LogP contribution in [-0.4, -0.2) is 55.4 Å². The lowest BCUT2D eigenvalue weighted by molar-refractivity contribution is -0.140. The fourth-order valence-corrected chi connectivity index (χ4v) is 1.93. The van der Waals surface area contributed by atoms with Crippen LogP contribution in [0.1, 0.15) is 0 Å². The van der Waals surface area contributed by atoms with Crippen LogP contribution in [-0.2, 0) is 14.4 Å². The van der Waals surface area contributed by atoms with Gasteiger partial charge in [0.2, 0.25) is 5.91 Å². The molecule has 116 valence electrons. The molecule has 1 aliphatic heterocycles. The Labute approximate surface area is 128 Å². The zero-order valence-electron chi connectivity index (χ0n) is 11.5. The summed E-state index contributed by atoms with van der Waals surface area (Å²) in [6.07, 6.45) is 1.39. The monoisotopic (exact) mass is 315 g/mol. The van der Waals surface area contributed by atoms with Gasteiger partial charge < -0.3 is 5.32 Å². The SMILES string of the molecule is O=C(CN1C(=O)NC(=O)C1=O)Nc1cccc(-n2cnnn2)c1. The van der Waals surface area contributed by atoms with Gasteiger partial charge in [-0.25, -0.2) is 14.4 Å². The molecule has 11 heteroatoms. The maximum Gasteiger partial charge on any atom is 0.332 e. The van der Waals surface area contributed by atoms with Crippen molar-refractivity contribution in [3.05, 3.63) is 30.6 Å². The topological polar surface area (TPSA) is 139 Å². The van der Waals surface area contributed by atoms with Crippen molar-refractivity contribution in [2.45, 2.75) is 0 Å². The summed E-state index contributed by atoms with van der Waals surface area (Å²) < 4.78 is 1.39. The van der Waals surface area contributed by atoms with Gasteiger partial charge in [0.25, 0.3) is 0 Å². The highest BCUT2D eigenvalue weighted by Gasteiger charge is 2.37. The van der Waals surface area contributed by atoms with Gasteiger partial charge in [-0.05, 0) is 28.6 Å². The minimum absolute atomic E-state index is 0.418. The van der Waals surface area contributed by atoms with Crippen LogP contribution >= 0.6 is 0 Å². The molecule has 2 heterocycles. The predicted molar refractivity (Wildman–Crippen MR) is 73.0 cm³/mol. The van der Waals surface area contributed by atoms with E-state index < -0.39 is 30.3 Å². The smallest absolute Gasteiger partial charge is 0.324 e. The number of anilines is 1. The van der Waals surface area contributed by atoms with Gasteiger partial charge in [0, 0.05) is 5.69 Å². The molecule has 1 aromatic carbocycles. The quantitative estimate of drug-likeness (QED) is 0.527. The number of urea groups is 1. The Kier molecular flexibility index (Phi) is 3.51. The number of imide groups is 2. The minimum atomic E-state index is -1.06. The molecule has 1 saturated heterocycles. The highest BCUT2D eigenvalue weighted by atomic mass is 16.2. The Morgan fingerprint density at radius 3 is 2.74 bits per heavy atom. The highest BCUT2D eigenvalue weighted by Crippen LogP contribution is 2.13. The average Bonchev–Trinajstić information content (AvgIpc) is 3.13. The first-order valence-electron chi connectivity index (χ1n) is 6.34. The van der Waals surface area contributed by atoms with Crippen LogP contribution in [0.3, 0.4) is 0 Å². The normalized spacial score (nSPS) is 14.1. The molecule has 1 fully saturated rings. The van der Waals surface area contributed by atoms with Crippen molar-refractivity contribution in [1.29, 1.82) is 0 Å². The Morgan fingerprint density at radius 1 is 1.26 bits per heavy atom. The third-order valence-electron chi connectivity index (χ3n) is 2.95. The van der Waals surface area contributed by atoms with Gasteiger partial charge in [0.15, 0.2) is 0 Å². The first-order valence-corrected chi connectivity index (χ1v) is 6.34. The van der Waals surface area contributed by atoms with Gasteiger partial charge >= 0.3 is 17.8 Å². The van der Waals surface area contributed by atoms with Gasteiger partial charge in [-0.15, -0.1) is 5.10 Å². The fourth-order valence-electron chi connectivity index (χ4n) is 1.93. The second-order valence-corrected chi connectivity index (χ2v) is 4.50. The van der Waals surface area contributed by atoms with Gasteiger partial charge in [-0.2, -0.15) is 0 Å². The van der Waals surface area contributed by atoms with Crippen molar-refractivity contribution < 1.29 is 19.2 Å². The van der Waals surface area contributed by atoms with E-state index in [2.05, 4.69) is 20.8 Å². The minimum Gasteiger partial charge on any atom is -0.324 e. The molecule has 0 bridgehead atoms. The van der Waals surface area contributed by atoms with Crippen LogP contribution in [0.4, 0.5) is 10.5 Å². The summed E-state index contributed by atoms with van der Waals surface area (Å²) >= 11 is 0. The largest absolute Gasteiger partial charge is 0.332 e. The fraction of sp³-hybridized carbons (Fsp3) is 0.0833. The molecule has 0 unspecified atom stereocenters. The number of carbonyl (C=O) groups is 4. The molecule has 23 heavy (non-hydrogen) atoms. The zero-order valence-corrected chi connectivity index (χ0v) is 11.5. The summed E-state index contributed by atoms with van der Waals surface area (Å²) in [5.74, 6) is -2.74. The summed E-state index contributed by atoms with van der Waals surface area (Å²) in [6, 6.07) is 5.69. The van der Waals surface area contributed by atoms with E-state index in [1.54, 1.807) is 29.6 Å². The first kappa shape index (κ1) is 14.3. The van der Waals surface area contributed by atoms with E-state index in [0.717, 1.165) is 0 Å². The summed E-state index contributed by atoms with van der Waals surface area (Å²) in [5.41, 5.74) is 1.03. The van der Waals surface area contributed by atoms with Crippen LogP contribution in [0, 0.1) is 0 Å². The second kappa shape index (κ2) is 5.63. The third-order valence-corrected chi connectivity index (χ3v) is 2.95. The number of benzene rings is 1. The van der Waals surface area contributed by atoms with E-state index in [0.29, 0.717) is 16.3 Å².